The first-order chi connectivity index (χ1) is 9.69. The van der Waals surface area contributed by atoms with Crippen molar-refractivity contribution in [2.45, 2.75) is 19.8 Å². The Morgan fingerprint density at radius 1 is 1.40 bits per heavy atom. The number of hydrogen-bond acceptors (Lipinski definition) is 4. The average Bonchev–Trinajstić information content (AvgIpc) is 2.85. The number of hydrogen-bond donors (Lipinski definition) is 2. The summed E-state index contributed by atoms with van der Waals surface area (Å²) in [6.07, 6.45) is 5.82. The predicted molar refractivity (Wildman–Crippen MR) is 82.0 cm³/mol. The van der Waals surface area contributed by atoms with Gasteiger partial charge in [-0.05, 0) is 30.5 Å². The van der Waals surface area contributed by atoms with Crippen LogP contribution in [0.25, 0.3) is 0 Å². The maximum absolute atomic E-state index is 5.89. The van der Waals surface area contributed by atoms with Crippen LogP contribution in [0.1, 0.15) is 18.9 Å². The van der Waals surface area contributed by atoms with Gasteiger partial charge < -0.3 is 15.8 Å². The first-order valence-electron chi connectivity index (χ1n) is 6.92. The minimum Gasteiger partial charge on any atom is -0.491 e. The van der Waals surface area contributed by atoms with Crippen LogP contribution in [0.15, 0.2) is 30.6 Å². The number of nitrogens with two attached hydrogens (primary N) is 1. The normalized spacial score (nSPS) is 10.5. The van der Waals surface area contributed by atoms with Gasteiger partial charge in [0.05, 0.1) is 18.5 Å². The second-order valence-electron chi connectivity index (χ2n) is 4.80. The Morgan fingerprint density at radius 2 is 2.25 bits per heavy atom. The first kappa shape index (κ1) is 14.2. The third kappa shape index (κ3) is 3.91. The number of aromatic nitrogens is 2. The van der Waals surface area contributed by atoms with Crippen molar-refractivity contribution in [1.82, 2.24) is 9.78 Å². The van der Waals surface area contributed by atoms with Crippen molar-refractivity contribution >= 4 is 11.4 Å². The molecule has 5 nitrogen and oxygen atoms in total. The van der Waals surface area contributed by atoms with Crippen LogP contribution in [0.3, 0.4) is 0 Å². The summed E-state index contributed by atoms with van der Waals surface area (Å²) >= 11 is 0. The molecule has 0 spiro atoms. The SMILES string of the molecule is CCCOc1cc(NCCc2cnn(C)c2)ccc1N. The van der Waals surface area contributed by atoms with E-state index in [1.54, 1.807) is 0 Å². The maximum atomic E-state index is 5.89. The fraction of sp³-hybridized carbons (Fsp3) is 0.400. The lowest BCUT2D eigenvalue weighted by molar-refractivity contribution is 0.319. The van der Waals surface area contributed by atoms with Crippen molar-refractivity contribution < 1.29 is 4.74 Å². The minimum absolute atomic E-state index is 0.677. The molecule has 20 heavy (non-hydrogen) atoms. The number of nitrogens with one attached hydrogen (secondary N) is 1. The lowest BCUT2D eigenvalue weighted by atomic mass is 10.2. The number of nitrogen functional groups attached to an aromatic ring is 1. The standard InChI is InChI=1S/C15H22N4O/c1-3-8-20-15-9-13(4-5-14(15)16)17-7-6-12-10-18-19(2)11-12/h4-5,9-11,17H,3,6-8,16H2,1-2H3. The molecule has 0 atom stereocenters. The highest BCUT2D eigenvalue weighted by Gasteiger charge is 2.02. The van der Waals surface area contributed by atoms with E-state index in [-0.39, 0.29) is 0 Å². The van der Waals surface area contributed by atoms with Crippen molar-refractivity contribution in [1.29, 1.82) is 0 Å². The highest BCUT2D eigenvalue weighted by Crippen LogP contribution is 2.25. The van der Waals surface area contributed by atoms with Gasteiger partial charge in [-0.2, -0.15) is 5.10 Å². The number of ether oxygens (including phenoxy) is 1. The van der Waals surface area contributed by atoms with Crippen LogP contribution in [0, 0.1) is 0 Å². The predicted octanol–water partition coefficient (Wildman–Crippen LogP) is 2.45. The zero-order valence-electron chi connectivity index (χ0n) is 12.1. The van der Waals surface area contributed by atoms with Crippen molar-refractivity contribution in [3.8, 4) is 5.75 Å². The van der Waals surface area contributed by atoms with E-state index in [2.05, 4.69) is 17.3 Å². The summed E-state index contributed by atoms with van der Waals surface area (Å²) in [7, 11) is 1.92. The summed E-state index contributed by atoms with van der Waals surface area (Å²) in [6, 6.07) is 5.79. The number of aryl methyl sites for hydroxylation is 1. The van der Waals surface area contributed by atoms with Gasteiger partial charge in [-0.3, -0.25) is 4.68 Å². The topological polar surface area (TPSA) is 65.1 Å². The van der Waals surface area contributed by atoms with E-state index in [4.69, 9.17) is 10.5 Å². The Balaban J connectivity index is 1.89. The Labute approximate surface area is 119 Å². The molecule has 108 valence electrons. The summed E-state index contributed by atoms with van der Waals surface area (Å²) in [5, 5.41) is 7.53. The van der Waals surface area contributed by atoms with Crippen LogP contribution >= 0.6 is 0 Å². The Hall–Kier alpha value is -2.17. The molecular formula is C15H22N4O. The minimum atomic E-state index is 0.677. The monoisotopic (exact) mass is 274 g/mol. The molecule has 2 aromatic rings. The molecule has 0 unspecified atom stereocenters. The van der Waals surface area contributed by atoms with Gasteiger partial charge in [0.2, 0.25) is 0 Å². The molecule has 0 bridgehead atoms. The molecule has 1 aromatic carbocycles. The number of benzene rings is 1. The van der Waals surface area contributed by atoms with Crippen LogP contribution in [-0.2, 0) is 13.5 Å². The van der Waals surface area contributed by atoms with Gasteiger partial charge in [0.25, 0.3) is 0 Å². The second kappa shape index (κ2) is 6.84. The molecule has 0 saturated carbocycles. The third-order valence-electron chi connectivity index (χ3n) is 2.98. The quantitative estimate of drug-likeness (QED) is 0.761. The number of anilines is 2. The van der Waals surface area contributed by atoms with Crippen LogP contribution in [-0.4, -0.2) is 22.9 Å². The van der Waals surface area contributed by atoms with Crippen LogP contribution in [0.5, 0.6) is 5.75 Å². The van der Waals surface area contributed by atoms with Gasteiger partial charge in [0.15, 0.2) is 0 Å². The second-order valence-corrected chi connectivity index (χ2v) is 4.80. The van der Waals surface area contributed by atoms with E-state index in [1.807, 2.05) is 42.3 Å². The molecule has 2 rings (SSSR count). The Morgan fingerprint density at radius 3 is 2.95 bits per heavy atom. The maximum Gasteiger partial charge on any atom is 0.144 e. The zero-order valence-corrected chi connectivity index (χ0v) is 12.1. The molecular weight excluding hydrogens is 252 g/mol. The van der Waals surface area contributed by atoms with E-state index in [0.29, 0.717) is 12.3 Å². The van der Waals surface area contributed by atoms with E-state index in [0.717, 1.165) is 30.8 Å². The molecule has 0 aliphatic rings. The first-order valence-corrected chi connectivity index (χ1v) is 6.92. The third-order valence-corrected chi connectivity index (χ3v) is 2.98. The van der Waals surface area contributed by atoms with Gasteiger partial charge >= 0.3 is 0 Å². The van der Waals surface area contributed by atoms with Gasteiger partial charge in [-0.25, -0.2) is 0 Å². The van der Waals surface area contributed by atoms with Gasteiger partial charge in [0, 0.05) is 31.5 Å². The summed E-state index contributed by atoms with van der Waals surface area (Å²) in [5.41, 5.74) is 8.81. The molecule has 5 heteroatoms. The van der Waals surface area contributed by atoms with Crippen molar-refractivity contribution in [3.05, 3.63) is 36.2 Å². The van der Waals surface area contributed by atoms with Gasteiger partial charge in [-0.1, -0.05) is 6.92 Å². The van der Waals surface area contributed by atoms with Gasteiger partial charge in [-0.15, -0.1) is 0 Å². The highest BCUT2D eigenvalue weighted by atomic mass is 16.5. The van der Waals surface area contributed by atoms with Crippen LogP contribution in [0.2, 0.25) is 0 Å². The summed E-state index contributed by atoms with van der Waals surface area (Å²) < 4.78 is 7.43. The van der Waals surface area contributed by atoms with Crippen molar-refractivity contribution in [3.63, 3.8) is 0 Å². The molecule has 3 N–H and O–H groups in total. The summed E-state index contributed by atoms with van der Waals surface area (Å²) in [5.74, 6) is 0.748. The van der Waals surface area contributed by atoms with E-state index < -0.39 is 0 Å². The molecule has 1 aromatic heterocycles. The molecule has 0 amide bonds. The van der Waals surface area contributed by atoms with E-state index in [9.17, 15) is 0 Å². The summed E-state index contributed by atoms with van der Waals surface area (Å²) in [4.78, 5) is 0. The largest absolute Gasteiger partial charge is 0.491 e. The lowest BCUT2D eigenvalue weighted by Crippen LogP contribution is -2.05. The van der Waals surface area contributed by atoms with Crippen LogP contribution in [0.4, 0.5) is 11.4 Å². The fourth-order valence-electron chi connectivity index (χ4n) is 1.93. The zero-order chi connectivity index (χ0) is 14.4. The molecule has 0 aliphatic carbocycles. The molecule has 0 radical (unpaired) electrons. The van der Waals surface area contributed by atoms with Crippen molar-refractivity contribution in [2.75, 3.05) is 24.2 Å². The smallest absolute Gasteiger partial charge is 0.144 e. The lowest BCUT2D eigenvalue weighted by Gasteiger charge is -2.11. The van der Waals surface area contributed by atoms with E-state index >= 15 is 0 Å². The average molecular weight is 274 g/mol. The van der Waals surface area contributed by atoms with Gasteiger partial charge in [0.1, 0.15) is 5.75 Å². The fourth-order valence-corrected chi connectivity index (χ4v) is 1.93. The molecule has 1 heterocycles. The highest BCUT2D eigenvalue weighted by molar-refractivity contribution is 5.61. The number of rotatable bonds is 7. The molecule has 0 fully saturated rings. The Bertz CT molecular complexity index is 551. The van der Waals surface area contributed by atoms with Crippen molar-refractivity contribution in [2.24, 2.45) is 7.05 Å². The molecule has 0 saturated heterocycles. The van der Waals surface area contributed by atoms with E-state index in [1.165, 1.54) is 5.56 Å². The summed E-state index contributed by atoms with van der Waals surface area (Å²) in [6.45, 7) is 3.61. The Kier molecular flexibility index (Phi) is 4.87. The molecule has 0 aliphatic heterocycles. The number of nitrogens with zero attached hydrogens (tertiary/aromatic N) is 2. The van der Waals surface area contributed by atoms with Crippen LogP contribution < -0.4 is 15.8 Å².